The summed E-state index contributed by atoms with van der Waals surface area (Å²) >= 11 is 1.78. The second kappa shape index (κ2) is 5.35. The topological polar surface area (TPSA) is 21.3 Å². The zero-order chi connectivity index (χ0) is 13.2. The standard InChI is InChI=1S/C16H19NOS/c1-3-17-16(14-10-19-9-11(14)2)13-4-5-15-12(8-13)6-7-18-15/h4-5,8-10,16-17H,3,6-7H2,1-2H3. The molecule has 2 heterocycles. The van der Waals surface area contributed by atoms with Crippen LogP contribution in [0.4, 0.5) is 0 Å². The molecule has 0 bridgehead atoms. The molecular weight excluding hydrogens is 254 g/mol. The fourth-order valence-corrected chi connectivity index (χ4v) is 3.54. The fourth-order valence-electron chi connectivity index (χ4n) is 2.66. The number of hydrogen-bond acceptors (Lipinski definition) is 3. The van der Waals surface area contributed by atoms with Crippen LogP contribution in [0.15, 0.2) is 29.0 Å². The van der Waals surface area contributed by atoms with Gasteiger partial charge in [-0.25, -0.2) is 0 Å². The zero-order valence-electron chi connectivity index (χ0n) is 11.4. The van der Waals surface area contributed by atoms with Crippen LogP contribution in [-0.2, 0) is 6.42 Å². The Kier molecular flexibility index (Phi) is 3.58. The smallest absolute Gasteiger partial charge is 0.122 e. The Morgan fingerprint density at radius 3 is 3.00 bits per heavy atom. The summed E-state index contributed by atoms with van der Waals surface area (Å²) in [6.07, 6.45) is 1.03. The summed E-state index contributed by atoms with van der Waals surface area (Å²) in [5, 5.41) is 8.07. The lowest BCUT2D eigenvalue weighted by Crippen LogP contribution is -2.22. The second-order valence-electron chi connectivity index (χ2n) is 4.97. The van der Waals surface area contributed by atoms with Crippen molar-refractivity contribution in [3.8, 4) is 5.75 Å². The Balaban J connectivity index is 1.98. The second-order valence-corrected chi connectivity index (χ2v) is 5.71. The molecule has 1 unspecified atom stereocenters. The quantitative estimate of drug-likeness (QED) is 0.917. The van der Waals surface area contributed by atoms with E-state index in [9.17, 15) is 0 Å². The van der Waals surface area contributed by atoms with E-state index in [2.05, 4.69) is 48.1 Å². The maximum atomic E-state index is 5.59. The van der Waals surface area contributed by atoms with Gasteiger partial charge in [0.05, 0.1) is 12.6 Å². The molecule has 0 saturated heterocycles. The first kappa shape index (κ1) is 12.7. The maximum absolute atomic E-state index is 5.59. The first-order valence-electron chi connectivity index (χ1n) is 6.81. The zero-order valence-corrected chi connectivity index (χ0v) is 12.2. The lowest BCUT2D eigenvalue weighted by atomic mass is 9.96. The number of hydrogen-bond donors (Lipinski definition) is 1. The van der Waals surface area contributed by atoms with E-state index in [1.54, 1.807) is 11.3 Å². The van der Waals surface area contributed by atoms with E-state index in [-0.39, 0.29) is 0 Å². The van der Waals surface area contributed by atoms with E-state index in [0.29, 0.717) is 6.04 Å². The van der Waals surface area contributed by atoms with Crippen LogP contribution in [-0.4, -0.2) is 13.2 Å². The van der Waals surface area contributed by atoms with Crippen molar-refractivity contribution in [2.45, 2.75) is 26.3 Å². The van der Waals surface area contributed by atoms with Gasteiger partial charge in [-0.2, -0.15) is 11.3 Å². The Bertz CT molecular complexity index is 576. The number of fused-ring (bicyclic) bond motifs is 1. The van der Waals surface area contributed by atoms with Crippen LogP contribution < -0.4 is 10.1 Å². The molecule has 19 heavy (non-hydrogen) atoms. The Hall–Kier alpha value is -1.32. The van der Waals surface area contributed by atoms with Crippen molar-refractivity contribution in [3.63, 3.8) is 0 Å². The van der Waals surface area contributed by atoms with E-state index >= 15 is 0 Å². The van der Waals surface area contributed by atoms with Crippen molar-refractivity contribution < 1.29 is 4.74 Å². The van der Waals surface area contributed by atoms with Crippen LogP contribution in [0.1, 0.15) is 35.2 Å². The fraction of sp³-hybridized carbons (Fsp3) is 0.375. The van der Waals surface area contributed by atoms with Crippen LogP contribution in [0.3, 0.4) is 0 Å². The summed E-state index contributed by atoms with van der Waals surface area (Å²) in [4.78, 5) is 0. The number of benzene rings is 1. The molecule has 3 rings (SSSR count). The normalized spacial score (nSPS) is 15.1. The van der Waals surface area contributed by atoms with E-state index in [1.165, 1.54) is 22.3 Å². The van der Waals surface area contributed by atoms with Gasteiger partial charge in [-0.3, -0.25) is 0 Å². The summed E-state index contributed by atoms with van der Waals surface area (Å²) in [6, 6.07) is 6.90. The summed E-state index contributed by atoms with van der Waals surface area (Å²) in [6.45, 7) is 6.13. The van der Waals surface area contributed by atoms with Gasteiger partial charge in [0.25, 0.3) is 0 Å². The van der Waals surface area contributed by atoms with Crippen LogP contribution in [0, 0.1) is 6.92 Å². The molecule has 1 aromatic carbocycles. The third-order valence-corrected chi connectivity index (χ3v) is 4.54. The van der Waals surface area contributed by atoms with Gasteiger partial charge >= 0.3 is 0 Å². The van der Waals surface area contributed by atoms with E-state index in [4.69, 9.17) is 4.74 Å². The lowest BCUT2D eigenvalue weighted by molar-refractivity contribution is 0.357. The molecule has 3 heteroatoms. The average molecular weight is 273 g/mol. The van der Waals surface area contributed by atoms with E-state index in [1.807, 2.05) is 0 Å². The molecule has 1 atom stereocenters. The van der Waals surface area contributed by atoms with E-state index < -0.39 is 0 Å². The molecule has 2 aromatic rings. The molecule has 0 spiro atoms. The van der Waals surface area contributed by atoms with Gasteiger partial charge in [-0.1, -0.05) is 19.1 Å². The predicted octanol–water partition coefficient (Wildman–Crippen LogP) is 3.69. The van der Waals surface area contributed by atoms with Gasteiger partial charge in [-0.15, -0.1) is 0 Å². The highest BCUT2D eigenvalue weighted by atomic mass is 32.1. The van der Waals surface area contributed by atoms with Crippen molar-refractivity contribution in [2.24, 2.45) is 0 Å². The van der Waals surface area contributed by atoms with Crippen molar-refractivity contribution >= 4 is 11.3 Å². The number of thiophene rings is 1. The molecule has 0 radical (unpaired) electrons. The molecule has 0 fully saturated rings. The molecule has 2 nitrogen and oxygen atoms in total. The number of nitrogens with one attached hydrogen (secondary N) is 1. The molecule has 1 aromatic heterocycles. The molecular formula is C16H19NOS. The predicted molar refractivity (Wildman–Crippen MR) is 80.2 cm³/mol. The largest absolute Gasteiger partial charge is 0.493 e. The number of ether oxygens (including phenoxy) is 1. The van der Waals surface area contributed by atoms with Crippen molar-refractivity contribution in [1.29, 1.82) is 0 Å². The van der Waals surface area contributed by atoms with Crippen LogP contribution in [0.2, 0.25) is 0 Å². The minimum absolute atomic E-state index is 0.294. The van der Waals surface area contributed by atoms with Gasteiger partial charge in [0.2, 0.25) is 0 Å². The van der Waals surface area contributed by atoms with Crippen LogP contribution >= 0.6 is 11.3 Å². The maximum Gasteiger partial charge on any atom is 0.122 e. The molecule has 0 aliphatic carbocycles. The van der Waals surface area contributed by atoms with Crippen molar-refractivity contribution in [3.05, 3.63) is 51.2 Å². The van der Waals surface area contributed by atoms with Crippen molar-refractivity contribution in [1.82, 2.24) is 5.32 Å². The molecule has 1 N–H and O–H groups in total. The highest BCUT2D eigenvalue weighted by Gasteiger charge is 2.19. The molecule has 1 aliphatic heterocycles. The summed E-state index contributed by atoms with van der Waals surface area (Å²) in [5.74, 6) is 1.06. The summed E-state index contributed by atoms with van der Waals surface area (Å²) in [7, 11) is 0. The summed E-state index contributed by atoms with van der Waals surface area (Å²) < 4.78 is 5.59. The molecule has 100 valence electrons. The van der Waals surface area contributed by atoms with Crippen molar-refractivity contribution in [2.75, 3.05) is 13.2 Å². The average Bonchev–Trinajstić information content (AvgIpc) is 3.03. The lowest BCUT2D eigenvalue weighted by Gasteiger charge is -2.19. The third kappa shape index (κ3) is 2.40. The Morgan fingerprint density at radius 2 is 2.26 bits per heavy atom. The molecule has 0 saturated carbocycles. The monoisotopic (exact) mass is 273 g/mol. The SMILES string of the molecule is CCNC(c1ccc2c(c1)CCO2)c1cscc1C. The first-order valence-corrected chi connectivity index (χ1v) is 7.75. The van der Waals surface area contributed by atoms with Gasteiger partial charge in [-0.05, 0) is 52.5 Å². The van der Waals surface area contributed by atoms with Crippen LogP contribution in [0.5, 0.6) is 5.75 Å². The highest BCUT2D eigenvalue weighted by Crippen LogP contribution is 2.32. The number of rotatable bonds is 4. The highest BCUT2D eigenvalue weighted by molar-refractivity contribution is 7.08. The van der Waals surface area contributed by atoms with E-state index in [0.717, 1.165) is 25.3 Å². The van der Waals surface area contributed by atoms with Gasteiger partial charge < -0.3 is 10.1 Å². The van der Waals surface area contributed by atoms with Gasteiger partial charge in [0.15, 0.2) is 0 Å². The third-order valence-electron chi connectivity index (χ3n) is 3.66. The first-order chi connectivity index (χ1) is 9.29. The molecule has 0 amide bonds. The Morgan fingerprint density at radius 1 is 1.37 bits per heavy atom. The van der Waals surface area contributed by atoms with Crippen LogP contribution in [0.25, 0.3) is 0 Å². The van der Waals surface area contributed by atoms with Gasteiger partial charge in [0, 0.05) is 6.42 Å². The summed E-state index contributed by atoms with van der Waals surface area (Å²) in [5.41, 5.74) is 5.44. The number of aryl methyl sites for hydroxylation is 1. The minimum atomic E-state index is 0.294. The van der Waals surface area contributed by atoms with Gasteiger partial charge in [0.1, 0.15) is 5.75 Å². The minimum Gasteiger partial charge on any atom is -0.493 e. The molecule has 1 aliphatic rings. The Labute approximate surface area is 118 Å².